The topological polar surface area (TPSA) is 76.8 Å². The van der Waals surface area contributed by atoms with Crippen molar-refractivity contribution in [1.29, 1.82) is 0 Å². The van der Waals surface area contributed by atoms with Crippen LogP contribution in [0.25, 0.3) is 21.7 Å². The van der Waals surface area contributed by atoms with Gasteiger partial charge in [-0.1, -0.05) is 563 Å². The molecule has 3 heterocycles. The highest BCUT2D eigenvalue weighted by atomic mass is 16.5. The number of para-hydroxylation sites is 1. The Hall–Kier alpha value is -10.4. The van der Waals surface area contributed by atoms with E-state index in [4.69, 9.17) is 10.5 Å². The molecular formula is C136H202N4O. The third-order valence-electron chi connectivity index (χ3n) is 24.0. The Kier molecular flexibility index (Phi) is 52.2. The molecule has 13 rings (SSSR count). The van der Waals surface area contributed by atoms with Crippen molar-refractivity contribution in [3.05, 3.63) is 399 Å². The maximum Gasteiger partial charge on any atom is 0.119 e. The molecule has 0 aliphatic carbocycles. The first-order chi connectivity index (χ1) is 64.3. The molecule has 5 nitrogen and oxygen atoms in total. The highest BCUT2D eigenvalue weighted by Crippen LogP contribution is 2.34. The van der Waals surface area contributed by atoms with Crippen LogP contribution in [0, 0.1) is 44.4 Å². The molecular weight excluding hydrogens is 1710 g/mol. The lowest BCUT2D eigenvalue weighted by Crippen LogP contribution is -2.12. The number of nitrogens with zero attached hydrogens (tertiary/aromatic N) is 2. The number of aromatic nitrogens is 3. The molecule has 0 unspecified atom stereocenters. The zero-order valence-electron chi connectivity index (χ0n) is 98.7. The molecule has 3 N–H and O–H groups in total. The maximum atomic E-state index is 5.38. The fourth-order valence-electron chi connectivity index (χ4n) is 13.5. The van der Waals surface area contributed by atoms with Crippen LogP contribution in [0.1, 0.15) is 399 Å². The van der Waals surface area contributed by atoms with E-state index >= 15 is 0 Å². The number of nitrogens with two attached hydrogens (primary N) is 1. The van der Waals surface area contributed by atoms with Crippen LogP contribution in [0.4, 0.5) is 0 Å². The Morgan fingerprint density at radius 3 is 0.943 bits per heavy atom. The van der Waals surface area contributed by atoms with Crippen molar-refractivity contribution in [1.82, 2.24) is 15.0 Å². The Morgan fingerprint density at radius 1 is 0.312 bits per heavy atom. The normalized spacial score (nSPS) is 11.8. The van der Waals surface area contributed by atoms with Gasteiger partial charge in [0.2, 0.25) is 0 Å². The Balaban J connectivity index is 0.000000767. The van der Waals surface area contributed by atoms with Crippen molar-refractivity contribution in [2.24, 2.45) is 22.5 Å². The number of ether oxygens (including phenoxy) is 1. The fraction of sp³-hybridized carbons (Fsp3) is 0.471. The average molecular weight is 1910 g/mol. The quantitative estimate of drug-likeness (QED) is 0.185. The van der Waals surface area contributed by atoms with Crippen molar-refractivity contribution in [2.45, 2.75) is 397 Å². The Morgan fingerprint density at radius 2 is 0.645 bits per heavy atom. The maximum absolute atomic E-state index is 5.38. The smallest absolute Gasteiger partial charge is 0.119 e. The number of nitrogens with one attached hydrogen (secondary N) is 1. The number of benzene rings is 10. The second kappa shape index (κ2) is 57.2. The molecule has 5 heteroatoms. The second-order valence-corrected chi connectivity index (χ2v) is 52.3. The fourth-order valence-corrected chi connectivity index (χ4v) is 13.5. The number of aryl methyl sites for hydroxylation is 4. The molecule has 0 amide bonds. The van der Waals surface area contributed by atoms with Gasteiger partial charge in [0, 0.05) is 52.5 Å². The molecule has 0 bridgehead atoms. The first-order valence-electron chi connectivity index (χ1n) is 51.7. The van der Waals surface area contributed by atoms with E-state index < -0.39 is 0 Å². The molecule has 0 saturated carbocycles. The summed E-state index contributed by atoms with van der Waals surface area (Å²) in [5, 5.41) is 4.02. The molecule has 0 aliphatic rings. The third kappa shape index (κ3) is 54.6. The summed E-state index contributed by atoms with van der Waals surface area (Å²) in [6.45, 7) is 108. The molecule has 0 fully saturated rings. The van der Waals surface area contributed by atoms with Gasteiger partial charge in [0.15, 0.2) is 0 Å². The summed E-state index contributed by atoms with van der Waals surface area (Å²) in [5.41, 5.74) is 32.8. The van der Waals surface area contributed by atoms with Crippen LogP contribution >= 0.6 is 0 Å². The second-order valence-electron chi connectivity index (χ2n) is 52.3. The van der Waals surface area contributed by atoms with Crippen LogP contribution in [-0.4, -0.2) is 22.1 Å². The highest BCUT2D eigenvalue weighted by Gasteiger charge is 2.23. The molecule has 13 aromatic rings. The van der Waals surface area contributed by atoms with Crippen molar-refractivity contribution < 1.29 is 4.74 Å². The van der Waals surface area contributed by atoms with Gasteiger partial charge in [0.25, 0.3) is 0 Å². The van der Waals surface area contributed by atoms with Gasteiger partial charge >= 0.3 is 0 Å². The summed E-state index contributed by atoms with van der Waals surface area (Å²) < 4.78 is 5.15. The van der Waals surface area contributed by atoms with Gasteiger partial charge in [0.05, 0.1) is 7.11 Å². The van der Waals surface area contributed by atoms with E-state index in [-0.39, 0.29) is 48.7 Å². The minimum atomic E-state index is 0.182. The molecule has 3 aromatic heterocycles. The van der Waals surface area contributed by atoms with Crippen molar-refractivity contribution in [3.8, 4) is 5.75 Å². The number of hydrogen-bond acceptors (Lipinski definition) is 4. The van der Waals surface area contributed by atoms with Crippen LogP contribution in [0.3, 0.4) is 0 Å². The zero-order valence-corrected chi connectivity index (χ0v) is 98.7. The lowest BCUT2D eigenvalue weighted by molar-refractivity contribution is 0.283. The third-order valence-corrected chi connectivity index (χ3v) is 24.0. The van der Waals surface area contributed by atoms with Gasteiger partial charge < -0.3 is 15.5 Å². The van der Waals surface area contributed by atoms with E-state index in [1.807, 2.05) is 42.7 Å². The SMILES string of the molecule is C=C(N)CC(C)(C)C.CC(C)(C)c1c[nH]c2ccccc12.CC(C)(C)c1ccccc1.CC(C)(C)c1ccccc1.CC(C)(C)c1ccccn1.CC(C)(C)c1cccnc1.CC(C)C(C)(C)C.CC(C)c1cccc(C(C)(C)C)c1.COc1cccc(C(C)(C)C)c1.Cc1ccc2cc(C(C)(C)C)ccc2c1.Cc1cccc(C(C)(C)C)c1.Cc1cccc(C(C)(C)C)c1.Cc1cccc(C(C)(C)C)c1. The van der Waals surface area contributed by atoms with Crippen LogP contribution in [0.15, 0.2) is 310 Å². The van der Waals surface area contributed by atoms with E-state index in [2.05, 4.69) is 596 Å². The van der Waals surface area contributed by atoms with E-state index in [1.54, 1.807) is 13.3 Å². The minimum absolute atomic E-state index is 0.182. The summed E-state index contributed by atoms with van der Waals surface area (Å²) in [6, 6.07) is 96.2. The summed E-state index contributed by atoms with van der Waals surface area (Å²) in [4.78, 5) is 11.6. The summed E-state index contributed by atoms with van der Waals surface area (Å²) in [6.07, 6.45) is 8.58. The monoisotopic (exact) mass is 1910 g/mol. The van der Waals surface area contributed by atoms with Gasteiger partial charge in [-0.3, -0.25) is 9.97 Å². The Labute approximate surface area is 867 Å². The lowest BCUT2D eigenvalue weighted by atomic mass is 9.84. The molecule has 141 heavy (non-hydrogen) atoms. The Bertz CT molecular complexity index is 5300. The van der Waals surface area contributed by atoms with Gasteiger partial charge in [-0.05, 0) is 219 Å². The van der Waals surface area contributed by atoms with E-state index in [0.717, 1.165) is 29.5 Å². The van der Waals surface area contributed by atoms with Crippen LogP contribution in [0.2, 0.25) is 0 Å². The number of pyridine rings is 2. The minimum Gasteiger partial charge on any atom is -0.497 e. The molecule has 10 aromatic carbocycles. The molecule has 0 atom stereocenters. The summed E-state index contributed by atoms with van der Waals surface area (Å²) in [7, 11) is 1.70. The molecule has 0 spiro atoms. The average Bonchev–Trinajstić information content (AvgIpc) is 1.68. The summed E-state index contributed by atoms with van der Waals surface area (Å²) >= 11 is 0. The van der Waals surface area contributed by atoms with Crippen molar-refractivity contribution >= 4 is 21.7 Å². The van der Waals surface area contributed by atoms with Gasteiger partial charge in [-0.15, -0.1) is 0 Å². The summed E-state index contributed by atoms with van der Waals surface area (Å²) in [5.74, 6) is 2.36. The number of aromatic amines is 1. The largest absolute Gasteiger partial charge is 0.497 e. The molecule has 0 saturated heterocycles. The first kappa shape index (κ1) is 129. The first-order valence-corrected chi connectivity index (χ1v) is 51.7. The zero-order chi connectivity index (χ0) is 109. The van der Waals surface area contributed by atoms with E-state index in [1.165, 1.54) is 105 Å². The van der Waals surface area contributed by atoms with Crippen LogP contribution < -0.4 is 10.5 Å². The lowest BCUT2D eigenvalue weighted by Gasteiger charge is -2.22. The van der Waals surface area contributed by atoms with Crippen LogP contribution in [-0.2, 0) is 59.6 Å². The van der Waals surface area contributed by atoms with Crippen molar-refractivity contribution in [2.75, 3.05) is 7.11 Å². The predicted molar refractivity (Wildman–Crippen MR) is 633 cm³/mol. The molecule has 772 valence electrons. The van der Waals surface area contributed by atoms with Gasteiger partial charge in [-0.25, -0.2) is 0 Å². The highest BCUT2D eigenvalue weighted by molar-refractivity contribution is 5.85. The number of H-pyrrole nitrogens is 1. The van der Waals surface area contributed by atoms with Gasteiger partial charge in [-0.2, -0.15) is 0 Å². The molecule has 0 aliphatic heterocycles. The molecule has 0 radical (unpaired) electrons. The predicted octanol–water partition coefficient (Wildman–Crippen LogP) is 40.2. The number of methoxy groups -OCH3 is 1. The van der Waals surface area contributed by atoms with E-state index in [0.29, 0.717) is 27.6 Å². The van der Waals surface area contributed by atoms with Crippen molar-refractivity contribution in [3.63, 3.8) is 0 Å². The van der Waals surface area contributed by atoms with Crippen LogP contribution in [0.5, 0.6) is 5.75 Å². The number of rotatable bonds is 3. The standard InChI is InChI=1S/C15H18.C13H20.C12H15N.C11H16O.3C11H16.2C10H14.2C9H13N.C7H15N.C7H16/c1-11-5-6-13-10-14(15(2,3)4)8-7-12(13)9-11;1-10(2)11-7-6-8-12(9-11)13(3,4)5;1-12(2,3)10-8-13-11-7-5-4-6-9(10)11;1-11(2,3)9-6-5-7-10(8-9)12-4;3*1-9-6-5-7-10(8-9)11(2,3)4;2*1-10(2,3)9-7-5-4-6-8-9;1-9(2,3)8-5-4-6-10-7-8;1-9(2,3)8-6-4-5-7-10-8;1-6(8)5-7(2,3)4;1-6(2)7(3,4)5/h5-10H,1-4H3;6-10H,1-5H3;4-8,13H,1-3H3;5-8H,1-4H3;3*5-8H,1-4H3;2*4-8H,1-3H3;2*4-7H,1-3H3;1,5,8H2,2-4H3;6H,1-5H3. The number of hydrogen-bond donors (Lipinski definition) is 2. The number of allylic oxidation sites excluding steroid dienone is 1. The van der Waals surface area contributed by atoms with Gasteiger partial charge in [0.1, 0.15) is 5.75 Å². The van der Waals surface area contributed by atoms with E-state index in [9.17, 15) is 0 Å². The number of fused-ring (bicyclic) bond motifs is 2.